The molecule has 0 aliphatic heterocycles. The van der Waals surface area contributed by atoms with Gasteiger partial charge in [-0.1, -0.05) is 41.6 Å². The van der Waals surface area contributed by atoms with Crippen LogP contribution in [0.1, 0.15) is 11.1 Å². The highest BCUT2D eigenvalue weighted by Crippen LogP contribution is 2.30. The molecule has 28 heavy (non-hydrogen) atoms. The monoisotopic (exact) mass is 403 g/mol. The number of halogens is 1. The normalized spacial score (nSPS) is 10.6. The van der Waals surface area contributed by atoms with E-state index in [9.17, 15) is 0 Å². The number of pyridine rings is 1. The third kappa shape index (κ3) is 3.91. The van der Waals surface area contributed by atoms with Crippen molar-refractivity contribution in [3.05, 3.63) is 89.2 Å². The molecule has 2 heterocycles. The average molecular weight is 404 g/mol. The molecular formula is C21H14ClN5S. The Morgan fingerprint density at radius 3 is 2.61 bits per heavy atom. The number of hydrogen-bond donors (Lipinski definition) is 0. The lowest BCUT2D eigenvalue weighted by molar-refractivity contribution is 0.886. The van der Waals surface area contributed by atoms with Gasteiger partial charge in [0.05, 0.1) is 17.3 Å². The highest BCUT2D eigenvalue weighted by molar-refractivity contribution is 7.98. The van der Waals surface area contributed by atoms with E-state index in [1.54, 1.807) is 24.2 Å². The first-order valence-electron chi connectivity index (χ1n) is 8.48. The quantitative estimate of drug-likeness (QED) is 0.431. The van der Waals surface area contributed by atoms with Crippen LogP contribution < -0.4 is 0 Å². The molecule has 0 spiro atoms. The number of hydrogen-bond acceptors (Lipinski definition) is 5. The van der Waals surface area contributed by atoms with E-state index < -0.39 is 0 Å². The van der Waals surface area contributed by atoms with Crippen LogP contribution in [0.5, 0.6) is 0 Å². The van der Waals surface area contributed by atoms with Gasteiger partial charge in [-0.05, 0) is 48.0 Å². The van der Waals surface area contributed by atoms with E-state index in [-0.39, 0.29) is 0 Å². The van der Waals surface area contributed by atoms with Gasteiger partial charge in [0.2, 0.25) is 0 Å². The molecule has 0 fully saturated rings. The molecule has 0 atom stereocenters. The summed E-state index contributed by atoms with van der Waals surface area (Å²) in [5.74, 6) is 1.41. The Morgan fingerprint density at radius 2 is 1.89 bits per heavy atom. The molecule has 0 saturated carbocycles. The van der Waals surface area contributed by atoms with Crippen LogP contribution in [0, 0.1) is 11.3 Å². The summed E-state index contributed by atoms with van der Waals surface area (Å²) >= 11 is 7.79. The first-order chi connectivity index (χ1) is 13.7. The number of aromatic nitrogens is 4. The molecule has 136 valence electrons. The van der Waals surface area contributed by atoms with Crippen LogP contribution in [0.4, 0.5) is 0 Å². The maximum Gasteiger partial charge on any atom is 0.196 e. The molecule has 0 bridgehead atoms. The Balaban J connectivity index is 1.70. The minimum Gasteiger partial charge on any atom is -0.270 e. The van der Waals surface area contributed by atoms with Crippen molar-refractivity contribution in [2.45, 2.75) is 10.9 Å². The van der Waals surface area contributed by atoms with Crippen LogP contribution in [0.15, 0.2) is 78.2 Å². The molecule has 4 rings (SSSR count). The van der Waals surface area contributed by atoms with E-state index in [1.165, 1.54) is 0 Å². The summed E-state index contributed by atoms with van der Waals surface area (Å²) < 4.78 is 1.98. The van der Waals surface area contributed by atoms with E-state index in [0.29, 0.717) is 22.2 Å². The second-order valence-electron chi connectivity index (χ2n) is 5.96. The molecule has 2 aromatic carbocycles. The van der Waals surface area contributed by atoms with E-state index >= 15 is 0 Å². The highest BCUT2D eigenvalue weighted by Gasteiger charge is 2.16. The maximum absolute atomic E-state index is 8.94. The van der Waals surface area contributed by atoms with Gasteiger partial charge in [-0.3, -0.25) is 9.55 Å². The average Bonchev–Trinajstić information content (AvgIpc) is 3.17. The molecule has 7 heteroatoms. The topological polar surface area (TPSA) is 67.4 Å². The standard InChI is InChI=1S/C21H14ClN5S/c22-18-4-1-5-19(11-18)27-20(17-3-2-10-24-13-17)25-26-21(27)28-14-16-8-6-15(12-23)7-9-16/h1-11,13H,14H2. The molecule has 0 saturated heterocycles. The molecule has 0 unspecified atom stereocenters. The predicted molar refractivity (Wildman–Crippen MR) is 110 cm³/mol. The fourth-order valence-corrected chi connectivity index (χ4v) is 3.81. The van der Waals surface area contributed by atoms with Crippen LogP contribution in [0.25, 0.3) is 17.1 Å². The Kier molecular flexibility index (Phi) is 5.38. The van der Waals surface area contributed by atoms with Crippen molar-refractivity contribution in [3.8, 4) is 23.1 Å². The molecule has 0 amide bonds. The van der Waals surface area contributed by atoms with Crippen LogP contribution in [0.2, 0.25) is 5.02 Å². The van der Waals surface area contributed by atoms with Crippen molar-refractivity contribution in [1.29, 1.82) is 5.26 Å². The van der Waals surface area contributed by atoms with E-state index in [0.717, 1.165) is 22.0 Å². The Hall–Kier alpha value is -3.14. The van der Waals surface area contributed by atoms with Crippen molar-refractivity contribution in [1.82, 2.24) is 19.7 Å². The predicted octanol–water partition coefficient (Wildman–Crippen LogP) is 5.15. The van der Waals surface area contributed by atoms with Gasteiger partial charge in [0.25, 0.3) is 0 Å². The molecule has 0 aliphatic rings. The lowest BCUT2D eigenvalue weighted by Crippen LogP contribution is -2.00. The third-order valence-electron chi connectivity index (χ3n) is 4.07. The van der Waals surface area contributed by atoms with Crippen LogP contribution in [0.3, 0.4) is 0 Å². The number of nitrogens with zero attached hydrogens (tertiary/aromatic N) is 5. The molecule has 5 nitrogen and oxygen atoms in total. The number of nitriles is 1. The highest BCUT2D eigenvalue weighted by atomic mass is 35.5. The van der Waals surface area contributed by atoms with Crippen molar-refractivity contribution in [2.24, 2.45) is 0 Å². The lowest BCUT2D eigenvalue weighted by Gasteiger charge is -2.10. The Morgan fingerprint density at radius 1 is 1.04 bits per heavy atom. The second-order valence-corrected chi connectivity index (χ2v) is 7.34. The van der Waals surface area contributed by atoms with Gasteiger partial charge >= 0.3 is 0 Å². The summed E-state index contributed by atoms with van der Waals surface area (Å²) in [5.41, 5.74) is 3.51. The Bertz CT molecular complexity index is 1130. The van der Waals surface area contributed by atoms with Crippen molar-refractivity contribution >= 4 is 23.4 Å². The smallest absolute Gasteiger partial charge is 0.196 e. The van der Waals surface area contributed by atoms with Crippen molar-refractivity contribution < 1.29 is 0 Å². The van der Waals surface area contributed by atoms with E-state index in [1.807, 2.05) is 65.2 Å². The van der Waals surface area contributed by atoms with Gasteiger partial charge in [-0.2, -0.15) is 5.26 Å². The Labute approximate surface area is 171 Å². The van der Waals surface area contributed by atoms with Crippen molar-refractivity contribution in [2.75, 3.05) is 0 Å². The van der Waals surface area contributed by atoms with Crippen LogP contribution in [-0.4, -0.2) is 19.7 Å². The van der Waals surface area contributed by atoms with E-state index in [4.69, 9.17) is 16.9 Å². The minimum atomic E-state index is 0.645. The fourth-order valence-electron chi connectivity index (χ4n) is 2.72. The van der Waals surface area contributed by atoms with Gasteiger partial charge in [-0.15, -0.1) is 10.2 Å². The first kappa shape index (κ1) is 18.2. The molecule has 0 N–H and O–H groups in total. The lowest BCUT2D eigenvalue weighted by atomic mass is 10.2. The first-order valence-corrected chi connectivity index (χ1v) is 9.84. The van der Waals surface area contributed by atoms with Crippen molar-refractivity contribution in [3.63, 3.8) is 0 Å². The summed E-state index contributed by atoms with van der Waals surface area (Å²) in [6.07, 6.45) is 3.49. The van der Waals surface area contributed by atoms with Crippen LogP contribution >= 0.6 is 23.4 Å². The minimum absolute atomic E-state index is 0.645. The van der Waals surface area contributed by atoms with Gasteiger partial charge in [-0.25, -0.2) is 0 Å². The summed E-state index contributed by atoms with van der Waals surface area (Å²) in [5, 5.41) is 19.1. The zero-order chi connectivity index (χ0) is 19.3. The van der Waals surface area contributed by atoms with Gasteiger partial charge in [0, 0.05) is 28.7 Å². The van der Waals surface area contributed by atoms with Gasteiger partial charge in [0.1, 0.15) is 0 Å². The summed E-state index contributed by atoms with van der Waals surface area (Å²) in [6.45, 7) is 0. The summed E-state index contributed by atoms with van der Waals surface area (Å²) in [4.78, 5) is 4.19. The summed E-state index contributed by atoms with van der Waals surface area (Å²) in [7, 11) is 0. The van der Waals surface area contributed by atoms with E-state index in [2.05, 4.69) is 21.3 Å². The number of rotatable bonds is 5. The zero-order valence-corrected chi connectivity index (χ0v) is 16.2. The SMILES string of the molecule is N#Cc1ccc(CSc2nnc(-c3cccnc3)n2-c2cccc(Cl)c2)cc1. The fraction of sp³-hybridized carbons (Fsp3) is 0.0476. The largest absolute Gasteiger partial charge is 0.270 e. The van der Waals surface area contributed by atoms with Gasteiger partial charge in [0.15, 0.2) is 11.0 Å². The number of benzene rings is 2. The molecule has 0 aliphatic carbocycles. The van der Waals surface area contributed by atoms with Gasteiger partial charge < -0.3 is 0 Å². The zero-order valence-electron chi connectivity index (χ0n) is 14.7. The second kappa shape index (κ2) is 8.26. The van der Waals surface area contributed by atoms with Crippen LogP contribution in [-0.2, 0) is 5.75 Å². The maximum atomic E-state index is 8.94. The molecular weight excluding hydrogens is 390 g/mol. The molecule has 2 aromatic heterocycles. The molecule has 0 radical (unpaired) electrons. The number of thioether (sulfide) groups is 1. The third-order valence-corrected chi connectivity index (χ3v) is 5.31. The summed E-state index contributed by atoms with van der Waals surface area (Å²) in [6, 6.07) is 21.1. The molecule has 4 aromatic rings.